The molecule has 0 heterocycles. The summed E-state index contributed by atoms with van der Waals surface area (Å²) in [6, 6.07) is 8.56. The van der Waals surface area contributed by atoms with E-state index in [0.717, 1.165) is 12.0 Å². The van der Waals surface area contributed by atoms with E-state index in [9.17, 15) is 4.79 Å². The van der Waals surface area contributed by atoms with E-state index in [1.807, 2.05) is 13.8 Å². The first kappa shape index (κ1) is 16.5. The van der Waals surface area contributed by atoms with Crippen LogP contribution >= 0.6 is 0 Å². The van der Waals surface area contributed by atoms with Gasteiger partial charge in [-0.15, -0.1) is 0 Å². The Labute approximate surface area is 123 Å². The number of benzene rings is 1. The lowest BCUT2D eigenvalue weighted by Crippen LogP contribution is -2.41. The second kappa shape index (κ2) is 6.78. The van der Waals surface area contributed by atoms with Crippen LogP contribution < -0.4 is 10.6 Å². The Bertz CT molecular complexity index is 431. The molecule has 3 heteroatoms. The smallest absolute Gasteiger partial charge is 0.315 e. The molecule has 112 valence electrons. The van der Waals surface area contributed by atoms with Crippen LogP contribution in [0.4, 0.5) is 4.79 Å². The number of carbonyl (C=O) groups excluding carboxylic acids is 1. The monoisotopic (exact) mass is 276 g/mol. The van der Waals surface area contributed by atoms with Crippen LogP contribution in [0.5, 0.6) is 0 Å². The van der Waals surface area contributed by atoms with E-state index in [1.165, 1.54) is 5.56 Å². The number of urea groups is 1. The second-order valence-corrected chi connectivity index (χ2v) is 6.52. The predicted molar refractivity (Wildman–Crippen MR) is 85.0 cm³/mol. The van der Waals surface area contributed by atoms with Crippen LogP contribution in [0.25, 0.3) is 0 Å². The van der Waals surface area contributed by atoms with Gasteiger partial charge in [-0.1, -0.05) is 52.0 Å². The Balaban J connectivity index is 2.64. The summed E-state index contributed by atoms with van der Waals surface area (Å²) in [5.41, 5.74) is 2.58. The van der Waals surface area contributed by atoms with E-state index >= 15 is 0 Å². The van der Waals surface area contributed by atoms with Crippen molar-refractivity contribution >= 4 is 6.03 Å². The molecular formula is C17H28N2O. The zero-order chi connectivity index (χ0) is 15.3. The average molecular weight is 276 g/mol. The fourth-order valence-corrected chi connectivity index (χ4v) is 1.92. The molecule has 0 fully saturated rings. The Hall–Kier alpha value is -1.51. The summed E-state index contributed by atoms with van der Waals surface area (Å²) in [6.45, 7) is 12.7. The quantitative estimate of drug-likeness (QED) is 0.852. The van der Waals surface area contributed by atoms with Crippen molar-refractivity contribution in [1.29, 1.82) is 0 Å². The first-order valence-electron chi connectivity index (χ1n) is 7.41. The minimum atomic E-state index is -0.105. The molecule has 20 heavy (non-hydrogen) atoms. The normalized spacial score (nSPS) is 14.5. The molecule has 0 aliphatic heterocycles. The summed E-state index contributed by atoms with van der Waals surface area (Å²) in [5.74, 6) is 0. The van der Waals surface area contributed by atoms with Gasteiger partial charge in [0.25, 0.3) is 0 Å². The number of rotatable bonds is 4. The van der Waals surface area contributed by atoms with Gasteiger partial charge in [0.1, 0.15) is 0 Å². The summed E-state index contributed by atoms with van der Waals surface area (Å²) < 4.78 is 0. The fraction of sp³-hybridized carbons (Fsp3) is 0.588. The van der Waals surface area contributed by atoms with Crippen LogP contribution in [0.1, 0.15) is 65.1 Å². The molecule has 3 nitrogen and oxygen atoms in total. The van der Waals surface area contributed by atoms with Crippen molar-refractivity contribution in [3.63, 3.8) is 0 Å². The topological polar surface area (TPSA) is 41.1 Å². The standard InChI is InChI=1S/C17H28N2O/c1-7-12(2)18-16(20)19-13(3)14-8-10-15(11-9-14)17(4,5)6/h8-13H,7H2,1-6H3,(H2,18,19,20)/t12-,13+/m1/s1. The molecule has 2 amide bonds. The summed E-state index contributed by atoms with van der Waals surface area (Å²) >= 11 is 0. The molecule has 0 unspecified atom stereocenters. The number of hydrogen-bond donors (Lipinski definition) is 2. The van der Waals surface area contributed by atoms with Gasteiger partial charge in [-0.2, -0.15) is 0 Å². The van der Waals surface area contributed by atoms with Crippen LogP contribution in [0, 0.1) is 0 Å². The van der Waals surface area contributed by atoms with Crippen LogP contribution in [-0.4, -0.2) is 12.1 Å². The van der Waals surface area contributed by atoms with Crippen molar-refractivity contribution in [2.75, 3.05) is 0 Å². The zero-order valence-corrected chi connectivity index (χ0v) is 13.6. The van der Waals surface area contributed by atoms with Crippen LogP contribution in [0.15, 0.2) is 24.3 Å². The van der Waals surface area contributed by atoms with Gasteiger partial charge < -0.3 is 10.6 Å². The Kier molecular flexibility index (Phi) is 5.61. The minimum Gasteiger partial charge on any atom is -0.336 e. The first-order valence-corrected chi connectivity index (χ1v) is 7.41. The molecule has 0 saturated carbocycles. The molecule has 2 atom stereocenters. The van der Waals surface area contributed by atoms with Crippen molar-refractivity contribution < 1.29 is 4.79 Å². The highest BCUT2D eigenvalue weighted by Crippen LogP contribution is 2.23. The van der Waals surface area contributed by atoms with Crippen LogP contribution in [0.2, 0.25) is 0 Å². The van der Waals surface area contributed by atoms with E-state index < -0.39 is 0 Å². The summed E-state index contributed by atoms with van der Waals surface area (Å²) in [5, 5.41) is 5.89. The molecule has 1 aromatic rings. The summed E-state index contributed by atoms with van der Waals surface area (Å²) in [4.78, 5) is 11.8. The van der Waals surface area contributed by atoms with Gasteiger partial charge in [0.05, 0.1) is 6.04 Å². The lowest BCUT2D eigenvalue weighted by atomic mass is 9.86. The molecule has 0 saturated heterocycles. The molecule has 1 rings (SSSR count). The molecule has 0 aliphatic rings. The second-order valence-electron chi connectivity index (χ2n) is 6.52. The van der Waals surface area contributed by atoms with Crippen LogP contribution in [-0.2, 0) is 5.41 Å². The Morgan fingerprint density at radius 3 is 2.10 bits per heavy atom. The lowest BCUT2D eigenvalue weighted by Gasteiger charge is -2.21. The largest absolute Gasteiger partial charge is 0.336 e. The highest BCUT2D eigenvalue weighted by Gasteiger charge is 2.15. The summed E-state index contributed by atoms with van der Waals surface area (Å²) in [6.07, 6.45) is 0.933. The third-order valence-electron chi connectivity index (χ3n) is 3.61. The zero-order valence-electron chi connectivity index (χ0n) is 13.6. The molecule has 0 bridgehead atoms. The molecule has 2 N–H and O–H groups in total. The fourth-order valence-electron chi connectivity index (χ4n) is 1.92. The van der Waals surface area contributed by atoms with Gasteiger partial charge in [0.2, 0.25) is 0 Å². The molecule has 0 aromatic heterocycles. The van der Waals surface area contributed by atoms with Crippen molar-refractivity contribution in [1.82, 2.24) is 10.6 Å². The van der Waals surface area contributed by atoms with Gasteiger partial charge in [0, 0.05) is 6.04 Å². The van der Waals surface area contributed by atoms with E-state index in [-0.39, 0.29) is 23.5 Å². The maximum Gasteiger partial charge on any atom is 0.315 e. The van der Waals surface area contributed by atoms with Gasteiger partial charge in [-0.05, 0) is 36.8 Å². The average Bonchev–Trinajstić information content (AvgIpc) is 2.37. The number of hydrogen-bond acceptors (Lipinski definition) is 1. The Morgan fingerprint density at radius 2 is 1.65 bits per heavy atom. The third kappa shape index (κ3) is 4.87. The number of amides is 2. The maximum absolute atomic E-state index is 11.8. The van der Waals surface area contributed by atoms with E-state index in [0.29, 0.717) is 0 Å². The molecular weight excluding hydrogens is 248 g/mol. The van der Waals surface area contributed by atoms with Crippen molar-refractivity contribution in [2.45, 2.75) is 65.5 Å². The van der Waals surface area contributed by atoms with E-state index in [4.69, 9.17) is 0 Å². The van der Waals surface area contributed by atoms with E-state index in [2.05, 4.69) is 62.6 Å². The SMILES string of the molecule is CC[C@@H](C)NC(=O)N[C@@H](C)c1ccc(C(C)(C)C)cc1. The number of carbonyl (C=O) groups is 1. The molecule has 0 aliphatic carbocycles. The molecule has 0 spiro atoms. The van der Waals surface area contributed by atoms with Gasteiger partial charge in [0.15, 0.2) is 0 Å². The van der Waals surface area contributed by atoms with Gasteiger partial charge in [-0.25, -0.2) is 4.79 Å². The van der Waals surface area contributed by atoms with Crippen molar-refractivity contribution in [2.24, 2.45) is 0 Å². The number of nitrogens with one attached hydrogen (secondary N) is 2. The van der Waals surface area contributed by atoms with Crippen LogP contribution in [0.3, 0.4) is 0 Å². The maximum atomic E-state index is 11.8. The molecule has 1 aromatic carbocycles. The van der Waals surface area contributed by atoms with Gasteiger partial charge in [-0.3, -0.25) is 0 Å². The summed E-state index contributed by atoms with van der Waals surface area (Å²) in [7, 11) is 0. The highest BCUT2D eigenvalue weighted by molar-refractivity contribution is 5.74. The molecule has 0 radical (unpaired) electrons. The minimum absolute atomic E-state index is 0.00748. The third-order valence-corrected chi connectivity index (χ3v) is 3.61. The van der Waals surface area contributed by atoms with E-state index in [1.54, 1.807) is 0 Å². The lowest BCUT2D eigenvalue weighted by molar-refractivity contribution is 0.234. The predicted octanol–water partition coefficient (Wildman–Crippen LogP) is 4.14. The first-order chi connectivity index (χ1) is 9.24. The Morgan fingerprint density at radius 1 is 1.10 bits per heavy atom. The van der Waals surface area contributed by atoms with Crippen molar-refractivity contribution in [3.05, 3.63) is 35.4 Å². The van der Waals surface area contributed by atoms with Gasteiger partial charge >= 0.3 is 6.03 Å². The van der Waals surface area contributed by atoms with Crippen molar-refractivity contribution in [3.8, 4) is 0 Å². The highest BCUT2D eigenvalue weighted by atomic mass is 16.2.